The lowest BCUT2D eigenvalue weighted by molar-refractivity contribution is 0.102. The molecule has 0 aliphatic carbocycles. The van der Waals surface area contributed by atoms with Crippen molar-refractivity contribution in [3.05, 3.63) is 77.4 Å². The molecule has 0 saturated carbocycles. The van der Waals surface area contributed by atoms with E-state index in [4.69, 9.17) is 16.3 Å². The van der Waals surface area contributed by atoms with E-state index in [1.807, 2.05) is 30.3 Å². The van der Waals surface area contributed by atoms with Crippen LogP contribution in [-0.2, 0) is 0 Å². The molecule has 24 heavy (non-hydrogen) atoms. The van der Waals surface area contributed by atoms with E-state index in [-0.39, 0.29) is 5.91 Å². The van der Waals surface area contributed by atoms with Crippen LogP contribution in [0.15, 0.2) is 66.9 Å². The van der Waals surface area contributed by atoms with Gasteiger partial charge in [-0.05, 0) is 29.8 Å². The third kappa shape index (κ3) is 3.55. The fourth-order valence-corrected chi connectivity index (χ4v) is 2.51. The van der Waals surface area contributed by atoms with Crippen molar-refractivity contribution in [2.45, 2.75) is 0 Å². The molecule has 0 aliphatic rings. The average Bonchev–Trinajstić information content (AvgIpc) is 2.63. The predicted molar refractivity (Wildman–Crippen MR) is 95.6 cm³/mol. The number of benzene rings is 2. The van der Waals surface area contributed by atoms with Crippen molar-refractivity contribution in [3.8, 4) is 17.0 Å². The summed E-state index contributed by atoms with van der Waals surface area (Å²) in [7, 11) is 1.54. The van der Waals surface area contributed by atoms with Gasteiger partial charge in [0.2, 0.25) is 5.88 Å². The number of halogens is 1. The number of rotatable bonds is 4. The molecule has 4 nitrogen and oxygen atoms in total. The first-order chi connectivity index (χ1) is 11.7. The van der Waals surface area contributed by atoms with Crippen LogP contribution in [0, 0.1) is 0 Å². The zero-order valence-corrected chi connectivity index (χ0v) is 13.7. The van der Waals surface area contributed by atoms with Gasteiger partial charge in [0.15, 0.2) is 0 Å². The summed E-state index contributed by atoms with van der Waals surface area (Å²) in [4.78, 5) is 16.5. The summed E-state index contributed by atoms with van der Waals surface area (Å²) in [6.07, 6.45) is 1.55. The van der Waals surface area contributed by atoms with Gasteiger partial charge in [0.1, 0.15) is 0 Å². The molecule has 0 atom stereocenters. The highest BCUT2D eigenvalue weighted by Crippen LogP contribution is 2.29. The molecule has 0 fully saturated rings. The Balaban J connectivity index is 1.85. The van der Waals surface area contributed by atoms with Gasteiger partial charge in [-0.3, -0.25) is 4.79 Å². The second kappa shape index (κ2) is 7.15. The van der Waals surface area contributed by atoms with E-state index in [0.717, 1.165) is 11.1 Å². The SMILES string of the molecule is COc1ccc(NC(=O)c2ccc(Cl)c(-c3ccccc3)c2)cn1. The highest BCUT2D eigenvalue weighted by atomic mass is 35.5. The number of aromatic nitrogens is 1. The maximum absolute atomic E-state index is 12.5. The number of anilines is 1. The highest BCUT2D eigenvalue weighted by Gasteiger charge is 2.11. The molecule has 1 amide bonds. The molecule has 0 unspecified atom stereocenters. The van der Waals surface area contributed by atoms with Crippen LogP contribution in [0.1, 0.15) is 10.4 Å². The van der Waals surface area contributed by atoms with Crippen LogP contribution in [0.5, 0.6) is 5.88 Å². The minimum atomic E-state index is -0.226. The summed E-state index contributed by atoms with van der Waals surface area (Å²) in [5.74, 6) is 0.265. The summed E-state index contributed by atoms with van der Waals surface area (Å²) in [5.41, 5.74) is 2.90. The number of amides is 1. The van der Waals surface area contributed by atoms with Crippen molar-refractivity contribution in [2.24, 2.45) is 0 Å². The van der Waals surface area contributed by atoms with E-state index < -0.39 is 0 Å². The Kier molecular flexibility index (Phi) is 4.77. The minimum absolute atomic E-state index is 0.226. The zero-order chi connectivity index (χ0) is 16.9. The lowest BCUT2D eigenvalue weighted by Gasteiger charge is -2.09. The molecule has 3 rings (SSSR count). The van der Waals surface area contributed by atoms with Crippen molar-refractivity contribution >= 4 is 23.2 Å². The molecule has 1 heterocycles. The number of methoxy groups -OCH3 is 1. The highest BCUT2D eigenvalue weighted by molar-refractivity contribution is 6.33. The molecule has 1 aromatic heterocycles. The van der Waals surface area contributed by atoms with Gasteiger partial charge in [-0.15, -0.1) is 0 Å². The number of pyridine rings is 1. The van der Waals surface area contributed by atoms with Crippen molar-refractivity contribution in [1.82, 2.24) is 4.98 Å². The van der Waals surface area contributed by atoms with Crippen LogP contribution in [0.2, 0.25) is 5.02 Å². The number of nitrogens with zero attached hydrogens (tertiary/aromatic N) is 1. The molecule has 0 bridgehead atoms. The molecule has 0 aliphatic heterocycles. The Bertz CT molecular complexity index is 849. The largest absolute Gasteiger partial charge is 0.481 e. The van der Waals surface area contributed by atoms with E-state index in [9.17, 15) is 4.79 Å². The lowest BCUT2D eigenvalue weighted by Crippen LogP contribution is -2.12. The number of carbonyl (C=O) groups excluding carboxylic acids is 1. The van der Waals surface area contributed by atoms with E-state index in [0.29, 0.717) is 22.2 Å². The molecule has 2 aromatic carbocycles. The van der Waals surface area contributed by atoms with Crippen LogP contribution in [0.3, 0.4) is 0 Å². The lowest BCUT2D eigenvalue weighted by atomic mass is 10.0. The molecule has 0 spiro atoms. The van der Waals surface area contributed by atoms with Crippen molar-refractivity contribution in [1.29, 1.82) is 0 Å². The van der Waals surface area contributed by atoms with Gasteiger partial charge in [-0.2, -0.15) is 0 Å². The van der Waals surface area contributed by atoms with E-state index in [1.165, 1.54) is 0 Å². The van der Waals surface area contributed by atoms with E-state index in [1.54, 1.807) is 43.6 Å². The summed E-state index contributed by atoms with van der Waals surface area (Å²) >= 11 is 6.27. The van der Waals surface area contributed by atoms with Crippen molar-refractivity contribution in [3.63, 3.8) is 0 Å². The van der Waals surface area contributed by atoms with Crippen LogP contribution < -0.4 is 10.1 Å². The number of hydrogen-bond donors (Lipinski definition) is 1. The van der Waals surface area contributed by atoms with Gasteiger partial charge in [-0.25, -0.2) is 4.98 Å². The first-order valence-electron chi connectivity index (χ1n) is 7.34. The Morgan fingerprint density at radius 1 is 1.08 bits per heavy atom. The van der Waals surface area contributed by atoms with Gasteiger partial charge in [0.05, 0.1) is 19.0 Å². The Labute approximate surface area is 145 Å². The van der Waals surface area contributed by atoms with Gasteiger partial charge in [0.25, 0.3) is 5.91 Å². The molecule has 3 aromatic rings. The maximum Gasteiger partial charge on any atom is 0.255 e. The Morgan fingerprint density at radius 2 is 1.88 bits per heavy atom. The van der Waals surface area contributed by atoms with Crippen LogP contribution in [0.4, 0.5) is 5.69 Å². The fraction of sp³-hybridized carbons (Fsp3) is 0.0526. The Hall–Kier alpha value is -2.85. The summed E-state index contributed by atoms with van der Waals surface area (Å²) in [6.45, 7) is 0. The van der Waals surface area contributed by atoms with Crippen molar-refractivity contribution < 1.29 is 9.53 Å². The van der Waals surface area contributed by atoms with Gasteiger partial charge >= 0.3 is 0 Å². The monoisotopic (exact) mass is 338 g/mol. The van der Waals surface area contributed by atoms with Gasteiger partial charge in [-0.1, -0.05) is 41.9 Å². The van der Waals surface area contributed by atoms with Crippen LogP contribution in [0.25, 0.3) is 11.1 Å². The number of ether oxygens (including phenoxy) is 1. The number of hydrogen-bond acceptors (Lipinski definition) is 3. The molecular weight excluding hydrogens is 324 g/mol. The second-order valence-electron chi connectivity index (χ2n) is 5.10. The third-order valence-electron chi connectivity index (χ3n) is 3.52. The molecule has 1 N–H and O–H groups in total. The first kappa shape index (κ1) is 16.0. The smallest absolute Gasteiger partial charge is 0.255 e. The molecule has 120 valence electrons. The zero-order valence-electron chi connectivity index (χ0n) is 13.0. The van der Waals surface area contributed by atoms with E-state index in [2.05, 4.69) is 10.3 Å². The van der Waals surface area contributed by atoms with Crippen LogP contribution >= 0.6 is 11.6 Å². The molecule has 5 heteroatoms. The topological polar surface area (TPSA) is 51.2 Å². The molecule has 0 radical (unpaired) electrons. The summed E-state index contributed by atoms with van der Waals surface area (Å²) < 4.78 is 5.00. The summed E-state index contributed by atoms with van der Waals surface area (Å²) in [5, 5.41) is 3.41. The third-order valence-corrected chi connectivity index (χ3v) is 3.85. The normalized spacial score (nSPS) is 10.2. The number of carbonyl (C=O) groups is 1. The minimum Gasteiger partial charge on any atom is -0.481 e. The quantitative estimate of drug-likeness (QED) is 0.752. The second-order valence-corrected chi connectivity index (χ2v) is 5.51. The molecular formula is C19H15ClN2O2. The van der Waals surface area contributed by atoms with Crippen LogP contribution in [-0.4, -0.2) is 18.0 Å². The maximum atomic E-state index is 12.5. The average molecular weight is 339 g/mol. The number of nitrogens with one attached hydrogen (secondary N) is 1. The first-order valence-corrected chi connectivity index (χ1v) is 7.71. The molecule has 0 saturated heterocycles. The van der Waals surface area contributed by atoms with Gasteiger partial charge < -0.3 is 10.1 Å². The summed E-state index contributed by atoms with van der Waals surface area (Å²) in [6, 6.07) is 18.3. The van der Waals surface area contributed by atoms with Gasteiger partial charge in [0, 0.05) is 22.2 Å². The predicted octanol–water partition coefficient (Wildman–Crippen LogP) is 4.66. The Morgan fingerprint density at radius 3 is 2.54 bits per heavy atom. The van der Waals surface area contributed by atoms with Crippen molar-refractivity contribution in [2.75, 3.05) is 12.4 Å². The van der Waals surface area contributed by atoms with E-state index >= 15 is 0 Å². The standard InChI is InChI=1S/C19H15ClN2O2/c1-24-18-10-8-15(12-21-18)22-19(23)14-7-9-17(20)16(11-14)13-5-3-2-4-6-13/h2-12H,1H3,(H,22,23). The fourth-order valence-electron chi connectivity index (χ4n) is 2.28.